The second kappa shape index (κ2) is 49.6. The fraction of sp³-hybridized carbons (Fsp3) is 0.790. The first-order valence-corrected chi connectivity index (χ1v) is 33.9. The number of carboxylic acid groups (broad SMARTS) is 1. The number of ether oxygens (including phenoxy) is 14. The fourth-order valence-corrected chi connectivity index (χ4v) is 11.7. The number of thioether (sulfide) groups is 1. The number of methoxy groups -OCH3 is 1. The van der Waals surface area contributed by atoms with Crippen molar-refractivity contribution in [3.05, 3.63) is 36.0 Å². The summed E-state index contributed by atoms with van der Waals surface area (Å²) in [7, 11) is 1.59. The molecule has 5 rings (SSSR count). The third-order valence-electron chi connectivity index (χ3n) is 15.2. The Morgan fingerprint density at radius 1 is 0.674 bits per heavy atom. The number of amides is 5. The molecule has 32 nitrogen and oxygen atoms in total. The molecule has 3 fully saturated rings. The molecule has 0 spiro atoms. The molecule has 33 heteroatoms. The molecule has 542 valence electrons. The molecule has 0 radical (unpaired) electrons. The number of rotatable bonds is 59. The lowest BCUT2D eigenvalue weighted by Gasteiger charge is -2.46. The van der Waals surface area contributed by atoms with Gasteiger partial charge in [-0.1, -0.05) is 48.7 Å². The number of carboxylic acids is 1. The number of carbonyl (C=O) groups is 5. The first-order valence-electron chi connectivity index (χ1n) is 32.9. The summed E-state index contributed by atoms with van der Waals surface area (Å²) in [5.74, 6) is -4.50. The Bertz CT molecular complexity index is 2390. The molecule has 0 unspecified atom stereocenters. The predicted molar refractivity (Wildman–Crippen MR) is 341 cm³/mol. The van der Waals surface area contributed by atoms with Crippen LogP contribution in [0.15, 0.2) is 30.5 Å². The lowest BCUT2D eigenvalue weighted by Crippen LogP contribution is -2.68. The van der Waals surface area contributed by atoms with Gasteiger partial charge in [0.15, 0.2) is 0 Å². The van der Waals surface area contributed by atoms with Crippen LogP contribution < -0.4 is 26.6 Å². The van der Waals surface area contributed by atoms with Gasteiger partial charge in [0.05, 0.1) is 201 Å². The molecular weight excluding hydrogens is 1270 g/mol. The van der Waals surface area contributed by atoms with E-state index in [-0.39, 0.29) is 37.0 Å². The van der Waals surface area contributed by atoms with E-state index >= 15 is 0 Å². The summed E-state index contributed by atoms with van der Waals surface area (Å²) in [5, 5.41) is 75.3. The first kappa shape index (κ1) is 80.8. The van der Waals surface area contributed by atoms with Crippen LogP contribution in [0.4, 0.5) is 4.79 Å². The summed E-state index contributed by atoms with van der Waals surface area (Å²) in [6, 6.07) is 5.93. The van der Waals surface area contributed by atoms with Crippen LogP contribution >= 0.6 is 11.8 Å². The first-order chi connectivity index (χ1) is 46.3. The van der Waals surface area contributed by atoms with Crippen LogP contribution in [0.3, 0.4) is 0 Å². The number of aliphatic hydroxyl groups is 4. The number of aliphatic carboxylic acids is 1. The maximum absolute atomic E-state index is 13.0. The zero-order chi connectivity index (χ0) is 68.0. The molecule has 0 saturated carbocycles. The lowest BCUT2D eigenvalue weighted by atomic mass is 9.88. The highest BCUT2D eigenvalue weighted by molar-refractivity contribution is 8.00. The van der Waals surface area contributed by atoms with Gasteiger partial charge < -0.3 is 118 Å². The molecule has 3 aliphatic rings. The van der Waals surface area contributed by atoms with E-state index < -0.39 is 73.6 Å². The fourth-order valence-electron chi connectivity index (χ4n) is 10.1. The highest BCUT2D eigenvalue weighted by Crippen LogP contribution is 2.35. The molecule has 10 N–H and O–H groups in total. The number of carbonyl (C=O) groups excluding carboxylic acids is 4. The van der Waals surface area contributed by atoms with Crippen molar-refractivity contribution >= 4 is 41.5 Å². The number of nitrogens with zero attached hydrogens (tertiary/aromatic N) is 3. The zero-order valence-electron chi connectivity index (χ0n) is 54.8. The summed E-state index contributed by atoms with van der Waals surface area (Å²) < 4.78 is 79.2. The van der Waals surface area contributed by atoms with Gasteiger partial charge in [-0.25, -0.2) is 14.3 Å². The minimum atomic E-state index is -2.43. The topological polar surface area (TPSA) is 407 Å². The molecule has 2 aromatic rings. The van der Waals surface area contributed by atoms with Gasteiger partial charge in [0.1, 0.15) is 24.5 Å². The Morgan fingerprint density at radius 2 is 1.21 bits per heavy atom. The van der Waals surface area contributed by atoms with Crippen LogP contribution in [0.2, 0.25) is 0 Å². The third-order valence-corrected chi connectivity index (χ3v) is 16.7. The molecule has 5 amide bonds. The van der Waals surface area contributed by atoms with Crippen LogP contribution in [-0.4, -0.2) is 315 Å². The van der Waals surface area contributed by atoms with E-state index in [0.717, 1.165) is 43.4 Å². The maximum atomic E-state index is 13.0. The van der Waals surface area contributed by atoms with Gasteiger partial charge in [-0.3, -0.25) is 14.4 Å². The van der Waals surface area contributed by atoms with E-state index in [9.17, 15) is 49.5 Å². The monoisotopic (exact) mass is 1380 g/mol. The highest BCUT2D eigenvalue weighted by atomic mass is 32.2. The highest BCUT2D eigenvalue weighted by Gasteiger charge is 2.56. The average Bonchev–Trinajstić information content (AvgIpc) is 1.57. The summed E-state index contributed by atoms with van der Waals surface area (Å²) in [4.78, 5) is 61.2. The molecule has 9 atom stereocenters. The van der Waals surface area contributed by atoms with Crippen molar-refractivity contribution in [2.24, 2.45) is 0 Å². The van der Waals surface area contributed by atoms with Crippen LogP contribution in [0, 0.1) is 0 Å². The third kappa shape index (κ3) is 33.5. The molecule has 3 saturated heterocycles. The van der Waals surface area contributed by atoms with Crippen molar-refractivity contribution in [1.82, 2.24) is 41.6 Å². The molecule has 1 aromatic heterocycles. The van der Waals surface area contributed by atoms with Crippen molar-refractivity contribution in [3.8, 4) is 11.3 Å². The molecule has 0 bridgehead atoms. The van der Waals surface area contributed by atoms with Crippen molar-refractivity contribution in [2.75, 3.05) is 191 Å². The number of unbranched alkanes of at least 4 members (excludes halogenated alkanes) is 4. The van der Waals surface area contributed by atoms with Gasteiger partial charge in [0.2, 0.25) is 17.7 Å². The number of urea groups is 1. The van der Waals surface area contributed by atoms with Gasteiger partial charge >= 0.3 is 12.0 Å². The Kier molecular flexibility index (Phi) is 42.2. The van der Waals surface area contributed by atoms with Crippen molar-refractivity contribution in [1.29, 1.82) is 0 Å². The minimum Gasteiger partial charge on any atom is -0.477 e. The van der Waals surface area contributed by atoms with Gasteiger partial charge in [0, 0.05) is 56.2 Å². The quantitative estimate of drug-likeness (QED) is 0.0280. The molecule has 0 aliphatic carbocycles. The van der Waals surface area contributed by atoms with Gasteiger partial charge in [-0.2, -0.15) is 11.8 Å². The number of nitrogens with one attached hydrogen (secondary N) is 5. The summed E-state index contributed by atoms with van der Waals surface area (Å²) >= 11 is 1.89. The Hall–Kier alpha value is -4.86. The van der Waals surface area contributed by atoms with Crippen molar-refractivity contribution < 1.29 is 116 Å². The lowest BCUT2D eigenvalue weighted by molar-refractivity contribution is -0.310. The molecule has 3 aliphatic heterocycles. The standard InChI is InChI=1S/C62H104N8O24S/c1-81-16-6-2-3-7-17-93-62(60(78)79)41-50(72)57(66-55(76)44-71)59(94-62)58(77)51(73)42-64-54(75)40-46-10-12-47(13-11-46)48-43-70(69-68-48)15-19-83-21-23-85-25-27-87-29-31-89-33-35-91-37-39-92-38-36-90-34-32-88-30-28-86-26-24-84-22-20-82-18-14-63-53(74)9-5-4-8-52-56-49(45-95-52)65-61(80)67-56/h10-13,43,49-52,56-59,71-73,77H,2-9,14-42,44-45H2,1H3,(H,63,74)(H,64,75)(H,66,76)(H,78,79)(H2,65,67,80)/t49-,50-,51+,52-,56-,57+,58+,59+,62+/m0/s1. The minimum absolute atomic E-state index is 0.0271. The van der Waals surface area contributed by atoms with E-state index in [0.29, 0.717) is 201 Å². The number of aliphatic hydroxyl groups excluding tert-OH is 4. The number of aromatic nitrogens is 3. The Labute approximate surface area is 559 Å². The normalized spacial score (nSPS) is 20.7. The number of hydrogen-bond acceptors (Lipinski definition) is 26. The summed E-state index contributed by atoms with van der Waals surface area (Å²) in [6.07, 6.45) is 0.0122. The number of benzene rings is 1. The van der Waals surface area contributed by atoms with Crippen LogP contribution in [0.25, 0.3) is 11.3 Å². The summed E-state index contributed by atoms with van der Waals surface area (Å²) in [5.41, 5.74) is 1.98. The predicted octanol–water partition coefficient (Wildman–Crippen LogP) is -1.02. The molecule has 4 heterocycles. The molecule has 1 aromatic carbocycles. The Balaban J connectivity index is 0.741. The maximum Gasteiger partial charge on any atom is 0.364 e. The van der Waals surface area contributed by atoms with Crippen LogP contribution in [0.1, 0.15) is 63.4 Å². The second-order valence-electron chi connectivity index (χ2n) is 22.5. The van der Waals surface area contributed by atoms with E-state index in [1.807, 2.05) is 11.8 Å². The van der Waals surface area contributed by atoms with E-state index in [2.05, 4.69) is 36.9 Å². The van der Waals surface area contributed by atoms with E-state index in [1.165, 1.54) is 0 Å². The SMILES string of the molecule is COCCCCCCO[C@]1(C(=O)O)C[C@H](O)[C@@H](NC(=O)CO)[C@H]([C@H](O)[C@H](O)CNC(=O)Cc2ccc(-c3cn(CCOCCOCCOCCOCCOCCOCCOCCOCCOCCOCCOCCNC(=O)CCCC[C@@H]4SC[C@@H]5NC(=O)N[C@@H]54)nn3)cc2)O1. The second-order valence-corrected chi connectivity index (χ2v) is 23.7. The average molecular weight is 1380 g/mol. The van der Waals surface area contributed by atoms with Gasteiger partial charge in [-0.15, -0.1) is 5.10 Å². The zero-order valence-corrected chi connectivity index (χ0v) is 55.6. The smallest absolute Gasteiger partial charge is 0.364 e. The summed E-state index contributed by atoms with van der Waals surface area (Å²) in [6.45, 7) is 9.49. The van der Waals surface area contributed by atoms with Crippen LogP contribution in [-0.2, 0) is 98.5 Å². The number of hydrogen-bond donors (Lipinski definition) is 10. The van der Waals surface area contributed by atoms with E-state index in [4.69, 9.17) is 66.3 Å². The van der Waals surface area contributed by atoms with Crippen LogP contribution in [0.5, 0.6) is 0 Å². The number of fused-ring (bicyclic) bond motifs is 1. The van der Waals surface area contributed by atoms with Crippen molar-refractivity contribution in [3.63, 3.8) is 0 Å². The molecular formula is C62H104N8O24S. The van der Waals surface area contributed by atoms with Gasteiger partial charge in [0.25, 0.3) is 5.79 Å². The van der Waals surface area contributed by atoms with Crippen molar-refractivity contribution in [2.45, 2.75) is 124 Å². The van der Waals surface area contributed by atoms with Gasteiger partial charge in [-0.05, 0) is 31.2 Å². The largest absolute Gasteiger partial charge is 0.477 e. The van der Waals surface area contributed by atoms with E-state index in [1.54, 1.807) is 42.3 Å². The Morgan fingerprint density at radius 3 is 1.75 bits per heavy atom. The molecule has 95 heavy (non-hydrogen) atoms.